The van der Waals surface area contributed by atoms with E-state index in [1.165, 1.54) is 6.07 Å². The monoisotopic (exact) mass is 231 g/mol. The minimum atomic E-state index is -0.193. The van der Waals surface area contributed by atoms with E-state index < -0.39 is 0 Å². The Morgan fingerprint density at radius 3 is 2.75 bits per heavy atom. The average molecular weight is 232 g/mol. The Morgan fingerprint density at radius 1 is 1.58 bits per heavy atom. The summed E-state index contributed by atoms with van der Waals surface area (Å²) in [7, 11) is 0. The Hall–Kier alpha value is -0.410. The van der Waals surface area contributed by atoms with Gasteiger partial charge in [0.05, 0.1) is 0 Å². The van der Waals surface area contributed by atoms with Gasteiger partial charge in [-0.3, -0.25) is 0 Å². The first kappa shape index (κ1) is 9.68. The van der Waals surface area contributed by atoms with E-state index in [0.29, 0.717) is 12.0 Å². The summed E-state index contributed by atoms with van der Waals surface area (Å²) in [6.45, 7) is 1.86. The van der Waals surface area contributed by atoms with Crippen molar-refractivity contribution in [3.63, 3.8) is 0 Å². The molecule has 0 saturated carbocycles. The first-order valence-corrected chi connectivity index (χ1v) is 4.59. The molecule has 0 aliphatic carbocycles. The Morgan fingerprint density at radius 2 is 2.25 bits per heavy atom. The fourth-order valence-electron chi connectivity index (χ4n) is 1.05. The van der Waals surface area contributed by atoms with Crippen LogP contribution in [0.2, 0.25) is 0 Å². The van der Waals surface area contributed by atoms with Gasteiger partial charge in [0.1, 0.15) is 5.82 Å². The van der Waals surface area contributed by atoms with Gasteiger partial charge in [0, 0.05) is 16.1 Å². The van der Waals surface area contributed by atoms with E-state index in [1.807, 2.05) is 13.0 Å². The normalized spacial score (nSPS) is 13.0. The third kappa shape index (κ3) is 2.29. The van der Waals surface area contributed by atoms with Gasteiger partial charge in [-0.05, 0) is 25.5 Å². The van der Waals surface area contributed by atoms with E-state index in [1.54, 1.807) is 6.07 Å². The fourth-order valence-corrected chi connectivity index (χ4v) is 1.55. The van der Waals surface area contributed by atoms with Gasteiger partial charge in [-0.2, -0.15) is 0 Å². The van der Waals surface area contributed by atoms with E-state index in [-0.39, 0.29) is 11.9 Å². The molecule has 3 heteroatoms. The summed E-state index contributed by atoms with van der Waals surface area (Å²) in [5.74, 6) is -0.193. The molecule has 0 heterocycles. The van der Waals surface area contributed by atoms with Crippen LogP contribution in [-0.2, 0) is 6.42 Å². The lowest BCUT2D eigenvalue weighted by Crippen LogP contribution is -2.18. The number of hydrogen-bond acceptors (Lipinski definition) is 1. The predicted octanol–water partition coefficient (Wildman–Crippen LogP) is 2.48. The zero-order valence-electron chi connectivity index (χ0n) is 6.85. The van der Waals surface area contributed by atoms with Crippen LogP contribution in [-0.4, -0.2) is 6.04 Å². The highest BCUT2D eigenvalue weighted by Gasteiger charge is 2.07. The van der Waals surface area contributed by atoms with Crippen molar-refractivity contribution in [1.82, 2.24) is 0 Å². The Kier molecular flexibility index (Phi) is 3.23. The summed E-state index contributed by atoms with van der Waals surface area (Å²) >= 11 is 3.28. The zero-order chi connectivity index (χ0) is 9.14. The topological polar surface area (TPSA) is 26.0 Å². The minimum Gasteiger partial charge on any atom is -0.328 e. The number of benzene rings is 1. The van der Waals surface area contributed by atoms with E-state index in [2.05, 4.69) is 15.9 Å². The fraction of sp³-hybridized carbons (Fsp3) is 0.333. The SMILES string of the molecule is C[C@H](N)Cc1c(F)cccc1Br. The molecule has 2 N–H and O–H groups in total. The van der Waals surface area contributed by atoms with Gasteiger partial charge in [-0.1, -0.05) is 22.0 Å². The molecule has 12 heavy (non-hydrogen) atoms. The second-order valence-corrected chi connectivity index (χ2v) is 3.74. The summed E-state index contributed by atoms with van der Waals surface area (Å²) in [6, 6.07) is 4.92. The molecule has 0 amide bonds. The molecule has 66 valence electrons. The van der Waals surface area contributed by atoms with E-state index >= 15 is 0 Å². The van der Waals surface area contributed by atoms with Crippen molar-refractivity contribution in [2.75, 3.05) is 0 Å². The second kappa shape index (κ2) is 4.01. The highest BCUT2D eigenvalue weighted by molar-refractivity contribution is 9.10. The van der Waals surface area contributed by atoms with Gasteiger partial charge in [0.25, 0.3) is 0 Å². The van der Waals surface area contributed by atoms with Crippen molar-refractivity contribution in [2.45, 2.75) is 19.4 Å². The van der Waals surface area contributed by atoms with Crippen LogP contribution < -0.4 is 5.73 Å². The number of rotatable bonds is 2. The Balaban J connectivity index is 2.96. The molecule has 1 rings (SSSR count). The summed E-state index contributed by atoms with van der Waals surface area (Å²) in [5.41, 5.74) is 6.23. The molecular formula is C9H11BrFN. The summed E-state index contributed by atoms with van der Waals surface area (Å²) in [5, 5.41) is 0. The maximum atomic E-state index is 13.1. The van der Waals surface area contributed by atoms with Gasteiger partial charge in [0.2, 0.25) is 0 Å². The predicted molar refractivity (Wildman–Crippen MR) is 51.5 cm³/mol. The summed E-state index contributed by atoms with van der Waals surface area (Å²) < 4.78 is 13.9. The molecule has 0 aliphatic rings. The minimum absolute atomic E-state index is 0.0156. The van der Waals surface area contributed by atoms with Crippen LogP contribution >= 0.6 is 15.9 Å². The standard InChI is InChI=1S/C9H11BrFN/c1-6(12)5-7-8(10)3-2-4-9(7)11/h2-4,6H,5,12H2,1H3/t6-/m0/s1. The molecule has 0 spiro atoms. The summed E-state index contributed by atoms with van der Waals surface area (Å²) in [4.78, 5) is 0. The molecule has 0 unspecified atom stereocenters. The van der Waals surface area contributed by atoms with Crippen LogP contribution in [0.25, 0.3) is 0 Å². The lowest BCUT2D eigenvalue weighted by atomic mass is 10.1. The third-order valence-corrected chi connectivity index (χ3v) is 2.33. The molecule has 1 atom stereocenters. The van der Waals surface area contributed by atoms with Gasteiger partial charge < -0.3 is 5.73 Å². The van der Waals surface area contributed by atoms with E-state index in [9.17, 15) is 4.39 Å². The second-order valence-electron chi connectivity index (χ2n) is 2.88. The van der Waals surface area contributed by atoms with Crippen LogP contribution in [0, 0.1) is 5.82 Å². The lowest BCUT2D eigenvalue weighted by molar-refractivity contribution is 0.594. The van der Waals surface area contributed by atoms with Gasteiger partial charge in [0.15, 0.2) is 0 Å². The number of halogens is 2. The molecular weight excluding hydrogens is 221 g/mol. The van der Waals surface area contributed by atoms with Crippen LogP contribution in [0.15, 0.2) is 22.7 Å². The first-order valence-electron chi connectivity index (χ1n) is 3.79. The van der Waals surface area contributed by atoms with Gasteiger partial charge in [-0.15, -0.1) is 0 Å². The first-order chi connectivity index (χ1) is 5.61. The van der Waals surface area contributed by atoms with Crippen LogP contribution in [0.3, 0.4) is 0 Å². The zero-order valence-corrected chi connectivity index (χ0v) is 8.44. The van der Waals surface area contributed by atoms with Crippen molar-refractivity contribution in [3.8, 4) is 0 Å². The van der Waals surface area contributed by atoms with Crippen LogP contribution in [0.5, 0.6) is 0 Å². The molecule has 1 aromatic carbocycles. The maximum Gasteiger partial charge on any atom is 0.127 e. The van der Waals surface area contributed by atoms with Crippen molar-refractivity contribution >= 4 is 15.9 Å². The highest BCUT2D eigenvalue weighted by atomic mass is 79.9. The van der Waals surface area contributed by atoms with Crippen molar-refractivity contribution in [2.24, 2.45) is 5.73 Å². The average Bonchev–Trinajstić information content (AvgIpc) is 1.97. The van der Waals surface area contributed by atoms with Crippen LogP contribution in [0.4, 0.5) is 4.39 Å². The quantitative estimate of drug-likeness (QED) is 0.832. The lowest BCUT2D eigenvalue weighted by Gasteiger charge is -2.07. The largest absolute Gasteiger partial charge is 0.328 e. The molecule has 0 radical (unpaired) electrons. The van der Waals surface area contributed by atoms with Crippen molar-refractivity contribution in [1.29, 1.82) is 0 Å². The van der Waals surface area contributed by atoms with E-state index in [0.717, 1.165) is 4.47 Å². The Labute approximate surface area is 79.9 Å². The molecule has 0 bridgehead atoms. The van der Waals surface area contributed by atoms with Gasteiger partial charge in [-0.25, -0.2) is 4.39 Å². The third-order valence-electron chi connectivity index (χ3n) is 1.59. The number of hydrogen-bond donors (Lipinski definition) is 1. The maximum absolute atomic E-state index is 13.1. The number of nitrogens with two attached hydrogens (primary N) is 1. The smallest absolute Gasteiger partial charge is 0.127 e. The molecule has 0 aromatic heterocycles. The van der Waals surface area contributed by atoms with E-state index in [4.69, 9.17) is 5.73 Å². The summed E-state index contributed by atoms with van der Waals surface area (Å²) in [6.07, 6.45) is 0.563. The molecule has 0 aliphatic heterocycles. The van der Waals surface area contributed by atoms with Gasteiger partial charge >= 0.3 is 0 Å². The highest BCUT2D eigenvalue weighted by Crippen LogP contribution is 2.20. The molecule has 1 aromatic rings. The van der Waals surface area contributed by atoms with Crippen molar-refractivity contribution in [3.05, 3.63) is 34.1 Å². The van der Waals surface area contributed by atoms with Crippen molar-refractivity contribution < 1.29 is 4.39 Å². The molecule has 0 fully saturated rings. The van der Waals surface area contributed by atoms with Crippen LogP contribution in [0.1, 0.15) is 12.5 Å². The Bertz CT molecular complexity index is 253. The molecule has 1 nitrogen and oxygen atoms in total. The molecule has 0 saturated heterocycles.